The predicted octanol–water partition coefficient (Wildman–Crippen LogP) is 0.550. The Kier molecular flexibility index (Phi) is 7.74. The Morgan fingerprint density at radius 2 is 1.58 bits per heavy atom. The van der Waals surface area contributed by atoms with Crippen LogP contribution in [0.5, 0.6) is 0 Å². The molecule has 2 saturated heterocycles. The van der Waals surface area contributed by atoms with E-state index >= 15 is 0 Å². The summed E-state index contributed by atoms with van der Waals surface area (Å²) in [6.07, 6.45) is 1.30. The number of amides is 1. The van der Waals surface area contributed by atoms with Crippen LogP contribution in [0.4, 0.5) is 0 Å². The predicted molar refractivity (Wildman–Crippen MR) is 117 cm³/mol. The summed E-state index contributed by atoms with van der Waals surface area (Å²) < 4.78 is 54.3. The number of rotatable bonds is 7. The topological polar surface area (TPSA) is 107 Å². The van der Waals surface area contributed by atoms with Crippen LogP contribution < -0.4 is 5.32 Å². The number of carbonyl (C=O) groups excluding carboxylic acids is 1. The van der Waals surface area contributed by atoms with Gasteiger partial charge < -0.3 is 10.2 Å². The van der Waals surface area contributed by atoms with E-state index in [9.17, 15) is 21.6 Å². The van der Waals surface area contributed by atoms with Crippen molar-refractivity contribution in [3.63, 3.8) is 0 Å². The van der Waals surface area contributed by atoms with Crippen molar-refractivity contribution in [1.82, 2.24) is 18.8 Å². The number of nitrogens with zero attached hydrogens (tertiary/aromatic N) is 3. The Balaban J connectivity index is 1.75. The van der Waals surface area contributed by atoms with Gasteiger partial charge in [-0.15, -0.1) is 0 Å². The van der Waals surface area contributed by atoms with E-state index in [1.165, 1.54) is 32.9 Å². The van der Waals surface area contributed by atoms with E-state index in [4.69, 9.17) is 0 Å². The summed E-state index contributed by atoms with van der Waals surface area (Å²) in [7, 11) is -7.46. The van der Waals surface area contributed by atoms with Gasteiger partial charge in [-0.3, -0.25) is 4.79 Å². The average Bonchev–Trinajstić information content (AvgIpc) is 2.80. The maximum Gasteiger partial charge on any atom is 0.243 e. The van der Waals surface area contributed by atoms with Crippen molar-refractivity contribution in [3.05, 3.63) is 24.3 Å². The van der Waals surface area contributed by atoms with Gasteiger partial charge in [-0.2, -0.15) is 8.61 Å². The second-order valence-electron chi connectivity index (χ2n) is 7.84. The SMILES string of the molecule is CCN(CC)S(=O)(=O)c1ccc(S(=O)(=O)N2CCC[C@@H](C(=O)N3CCNCC3)C2)cc1. The molecule has 1 aromatic carbocycles. The fraction of sp³-hybridized carbons (Fsp3) is 0.650. The van der Waals surface area contributed by atoms with Crippen molar-refractivity contribution in [1.29, 1.82) is 0 Å². The molecule has 174 valence electrons. The molecular weight excluding hydrogens is 440 g/mol. The summed E-state index contributed by atoms with van der Waals surface area (Å²) in [6, 6.07) is 5.36. The van der Waals surface area contributed by atoms with Crippen molar-refractivity contribution in [3.8, 4) is 0 Å². The maximum atomic E-state index is 13.2. The Morgan fingerprint density at radius 3 is 2.16 bits per heavy atom. The van der Waals surface area contributed by atoms with E-state index in [1.807, 2.05) is 4.90 Å². The van der Waals surface area contributed by atoms with Crippen LogP contribution in [0.3, 0.4) is 0 Å². The second kappa shape index (κ2) is 9.95. The Bertz CT molecular complexity index is 969. The minimum atomic E-state index is -3.81. The largest absolute Gasteiger partial charge is 0.340 e. The van der Waals surface area contributed by atoms with E-state index in [1.54, 1.807) is 13.8 Å². The van der Waals surface area contributed by atoms with Crippen LogP contribution >= 0.6 is 0 Å². The van der Waals surface area contributed by atoms with Gasteiger partial charge in [0.1, 0.15) is 0 Å². The molecule has 2 aliphatic heterocycles. The Hall–Kier alpha value is -1.53. The van der Waals surface area contributed by atoms with Crippen molar-refractivity contribution >= 4 is 26.0 Å². The van der Waals surface area contributed by atoms with E-state index in [0.29, 0.717) is 45.6 Å². The van der Waals surface area contributed by atoms with Crippen molar-refractivity contribution in [2.45, 2.75) is 36.5 Å². The van der Waals surface area contributed by atoms with E-state index < -0.39 is 20.0 Å². The van der Waals surface area contributed by atoms with Gasteiger partial charge in [0, 0.05) is 52.4 Å². The lowest BCUT2D eigenvalue weighted by molar-refractivity contribution is -0.137. The number of piperazine rings is 1. The number of nitrogens with one attached hydrogen (secondary N) is 1. The zero-order valence-corrected chi connectivity index (χ0v) is 19.8. The highest BCUT2D eigenvalue weighted by atomic mass is 32.2. The highest BCUT2D eigenvalue weighted by Gasteiger charge is 2.35. The summed E-state index contributed by atoms with van der Waals surface area (Å²) in [4.78, 5) is 14.8. The molecule has 9 nitrogen and oxygen atoms in total. The fourth-order valence-corrected chi connectivity index (χ4v) is 7.13. The molecule has 0 radical (unpaired) electrons. The number of hydrogen-bond acceptors (Lipinski definition) is 6. The third-order valence-corrected chi connectivity index (χ3v) is 9.91. The number of sulfonamides is 2. The molecule has 0 saturated carbocycles. The first-order chi connectivity index (χ1) is 14.7. The van der Waals surface area contributed by atoms with Gasteiger partial charge in [0.15, 0.2) is 0 Å². The van der Waals surface area contributed by atoms with Gasteiger partial charge in [0.05, 0.1) is 15.7 Å². The van der Waals surface area contributed by atoms with Crippen LogP contribution in [0.1, 0.15) is 26.7 Å². The molecule has 0 spiro atoms. The smallest absolute Gasteiger partial charge is 0.243 e. The van der Waals surface area contributed by atoms with Crippen molar-refractivity contribution in [2.24, 2.45) is 5.92 Å². The third kappa shape index (κ3) is 5.11. The lowest BCUT2D eigenvalue weighted by Crippen LogP contribution is -2.51. The molecule has 31 heavy (non-hydrogen) atoms. The summed E-state index contributed by atoms with van der Waals surface area (Å²) in [5.74, 6) is -0.328. The lowest BCUT2D eigenvalue weighted by Gasteiger charge is -2.35. The third-order valence-electron chi connectivity index (χ3n) is 5.97. The molecule has 2 fully saturated rings. The fourth-order valence-electron chi connectivity index (χ4n) is 4.15. The number of carbonyl (C=O) groups is 1. The van der Waals surface area contributed by atoms with Gasteiger partial charge >= 0.3 is 0 Å². The van der Waals surface area contributed by atoms with Crippen molar-refractivity contribution < 1.29 is 21.6 Å². The number of benzene rings is 1. The monoisotopic (exact) mass is 472 g/mol. The van der Waals surface area contributed by atoms with Gasteiger partial charge in [0.2, 0.25) is 26.0 Å². The molecule has 3 rings (SSSR count). The standard InChI is InChI=1S/C20H32N4O5S2/c1-3-23(4-2)30(26,27)18-7-9-19(10-8-18)31(28,29)24-13-5-6-17(16-24)20(25)22-14-11-21-12-15-22/h7-10,17,21H,3-6,11-16H2,1-2H3/t17-/m1/s1. The first-order valence-corrected chi connectivity index (χ1v) is 13.7. The maximum absolute atomic E-state index is 13.2. The molecule has 0 unspecified atom stereocenters. The van der Waals surface area contributed by atoms with Crippen LogP contribution in [0.15, 0.2) is 34.1 Å². The summed E-state index contributed by atoms with van der Waals surface area (Å²) in [6.45, 7) is 7.51. The van der Waals surface area contributed by atoms with Crippen LogP contribution in [0, 0.1) is 5.92 Å². The van der Waals surface area contributed by atoms with Gasteiger partial charge in [-0.1, -0.05) is 13.8 Å². The normalized spacial score (nSPS) is 21.4. The molecule has 1 atom stereocenters. The highest BCUT2D eigenvalue weighted by Crippen LogP contribution is 2.26. The van der Waals surface area contributed by atoms with Crippen LogP contribution in [0.2, 0.25) is 0 Å². The molecule has 11 heteroatoms. The average molecular weight is 473 g/mol. The zero-order chi connectivity index (χ0) is 22.6. The van der Waals surface area contributed by atoms with Gasteiger partial charge in [-0.05, 0) is 37.1 Å². The lowest BCUT2D eigenvalue weighted by atomic mass is 9.98. The van der Waals surface area contributed by atoms with Crippen LogP contribution in [-0.2, 0) is 24.8 Å². The molecule has 1 aromatic rings. The quantitative estimate of drug-likeness (QED) is 0.621. The summed E-state index contributed by atoms with van der Waals surface area (Å²) in [5, 5.41) is 3.21. The van der Waals surface area contributed by atoms with Gasteiger partial charge in [0.25, 0.3) is 0 Å². The highest BCUT2D eigenvalue weighted by molar-refractivity contribution is 7.89. The van der Waals surface area contributed by atoms with Gasteiger partial charge in [-0.25, -0.2) is 16.8 Å². The van der Waals surface area contributed by atoms with E-state index in [0.717, 1.165) is 13.1 Å². The Labute approximate surface area is 185 Å². The molecule has 2 heterocycles. The minimum Gasteiger partial charge on any atom is -0.340 e. The number of hydrogen-bond donors (Lipinski definition) is 1. The van der Waals surface area contributed by atoms with Crippen molar-refractivity contribution in [2.75, 3.05) is 52.4 Å². The van der Waals surface area contributed by atoms with Crippen LogP contribution in [-0.4, -0.2) is 88.6 Å². The second-order valence-corrected chi connectivity index (χ2v) is 11.7. The molecular formula is C20H32N4O5S2. The number of piperidine rings is 1. The van der Waals surface area contributed by atoms with E-state index in [2.05, 4.69) is 5.32 Å². The first-order valence-electron chi connectivity index (χ1n) is 10.8. The minimum absolute atomic E-state index is 0.0158. The molecule has 2 aliphatic rings. The molecule has 0 aromatic heterocycles. The first kappa shape index (κ1) is 24.1. The summed E-state index contributed by atoms with van der Waals surface area (Å²) in [5.41, 5.74) is 0. The molecule has 0 aliphatic carbocycles. The summed E-state index contributed by atoms with van der Waals surface area (Å²) >= 11 is 0. The van der Waals surface area contributed by atoms with Crippen LogP contribution in [0.25, 0.3) is 0 Å². The zero-order valence-electron chi connectivity index (χ0n) is 18.2. The molecule has 1 amide bonds. The molecule has 1 N–H and O–H groups in total. The van der Waals surface area contributed by atoms with E-state index in [-0.39, 0.29) is 28.2 Å². The molecule has 0 bridgehead atoms. The Morgan fingerprint density at radius 1 is 1.00 bits per heavy atom.